The van der Waals surface area contributed by atoms with Crippen LogP contribution in [-0.4, -0.2) is 37.9 Å². The maximum Gasteiger partial charge on any atom is 0.407 e. The third-order valence-electron chi connectivity index (χ3n) is 2.34. The van der Waals surface area contributed by atoms with Crippen molar-refractivity contribution in [3.05, 3.63) is 23.7 Å². The Morgan fingerprint density at radius 1 is 1.29 bits per heavy atom. The van der Waals surface area contributed by atoms with Crippen LogP contribution in [0.3, 0.4) is 0 Å². The third kappa shape index (κ3) is 6.80. The van der Waals surface area contributed by atoms with Gasteiger partial charge in [0.1, 0.15) is 17.6 Å². The molecule has 1 amide bonds. The van der Waals surface area contributed by atoms with Gasteiger partial charge in [0.25, 0.3) is 0 Å². The average Bonchev–Trinajstić information content (AvgIpc) is 2.84. The van der Waals surface area contributed by atoms with Crippen LogP contribution in [0.1, 0.15) is 36.9 Å². The molecule has 0 atom stereocenters. The first-order valence-corrected chi connectivity index (χ1v) is 6.65. The van der Waals surface area contributed by atoms with Gasteiger partial charge in [-0.15, -0.1) is 0 Å². The minimum absolute atomic E-state index is 0.376. The summed E-state index contributed by atoms with van der Waals surface area (Å²) < 4.78 is 14.9. The number of hydrogen-bond acceptors (Lipinski definition) is 6. The summed E-state index contributed by atoms with van der Waals surface area (Å²) in [5.41, 5.74) is -0.128. The Morgan fingerprint density at radius 2 is 2.00 bits per heavy atom. The maximum atomic E-state index is 11.4. The summed E-state index contributed by atoms with van der Waals surface area (Å²) in [5, 5.41) is 5.70. The molecule has 21 heavy (non-hydrogen) atoms. The van der Waals surface area contributed by atoms with Crippen LogP contribution in [0, 0.1) is 0 Å². The summed E-state index contributed by atoms with van der Waals surface area (Å²) in [7, 11) is 1.32. The lowest BCUT2D eigenvalue weighted by molar-refractivity contribution is 0.0527. The molecule has 0 aromatic carbocycles. The van der Waals surface area contributed by atoms with E-state index in [1.165, 1.54) is 13.4 Å². The second-order valence-corrected chi connectivity index (χ2v) is 5.40. The molecular formula is C14H22N2O5. The Kier molecular flexibility index (Phi) is 6.23. The number of alkyl carbamates (subject to hydrolysis) is 1. The monoisotopic (exact) mass is 298 g/mol. The predicted molar refractivity (Wildman–Crippen MR) is 76.0 cm³/mol. The molecule has 1 aromatic rings. The second-order valence-electron chi connectivity index (χ2n) is 5.40. The van der Waals surface area contributed by atoms with E-state index in [2.05, 4.69) is 15.4 Å². The van der Waals surface area contributed by atoms with Crippen molar-refractivity contribution in [2.75, 3.05) is 20.2 Å². The van der Waals surface area contributed by atoms with Crippen molar-refractivity contribution in [1.29, 1.82) is 0 Å². The largest absolute Gasteiger partial charge is 0.467 e. The van der Waals surface area contributed by atoms with E-state index in [9.17, 15) is 9.59 Å². The number of carbonyl (C=O) groups excluding carboxylic acids is 2. The van der Waals surface area contributed by atoms with Crippen LogP contribution in [0.4, 0.5) is 4.79 Å². The topological polar surface area (TPSA) is 89.8 Å². The number of rotatable bonds is 6. The van der Waals surface area contributed by atoms with E-state index in [-0.39, 0.29) is 0 Å². The summed E-state index contributed by atoms with van der Waals surface area (Å²) in [4.78, 5) is 22.6. The maximum absolute atomic E-state index is 11.4. The Labute approximate surface area is 124 Å². The number of furan rings is 1. The molecule has 118 valence electrons. The van der Waals surface area contributed by atoms with Crippen LogP contribution in [0.25, 0.3) is 0 Å². The first-order valence-electron chi connectivity index (χ1n) is 6.65. The molecule has 1 aromatic heterocycles. The highest BCUT2D eigenvalue weighted by Crippen LogP contribution is 2.08. The Morgan fingerprint density at radius 3 is 2.62 bits per heavy atom. The van der Waals surface area contributed by atoms with Crippen molar-refractivity contribution in [2.45, 2.75) is 32.9 Å². The lowest BCUT2D eigenvalue weighted by Crippen LogP contribution is -2.36. The van der Waals surface area contributed by atoms with E-state index in [1.807, 2.05) is 0 Å². The predicted octanol–water partition coefficient (Wildman–Crippen LogP) is 1.68. The van der Waals surface area contributed by atoms with Crippen LogP contribution in [-0.2, 0) is 16.0 Å². The van der Waals surface area contributed by atoms with E-state index in [4.69, 9.17) is 9.15 Å². The molecule has 0 saturated carbocycles. The normalized spacial score (nSPS) is 11.0. The first-order chi connectivity index (χ1) is 9.81. The zero-order valence-electron chi connectivity index (χ0n) is 12.8. The average molecular weight is 298 g/mol. The molecule has 0 unspecified atom stereocenters. The molecule has 2 N–H and O–H groups in total. The molecule has 1 heterocycles. The molecule has 0 spiro atoms. The molecular weight excluding hydrogens is 276 g/mol. The summed E-state index contributed by atoms with van der Waals surface area (Å²) in [5.74, 6) is 0.185. The molecule has 7 heteroatoms. The van der Waals surface area contributed by atoms with Gasteiger partial charge in [-0.3, -0.25) is 0 Å². The summed E-state index contributed by atoms with van der Waals surface area (Å²) in [6.45, 7) is 6.85. The standard InChI is InChI=1S/C14H22N2O5/c1-14(2,3)21-13(18)16-6-5-15-8-11-7-10(9-20-11)12(17)19-4/h7,9,15H,5-6,8H2,1-4H3,(H,16,18). The fourth-order valence-electron chi connectivity index (χ4n) is 1.48. The number of amides is 1. The molecule has 1 rings (SSSR count). The Balaban J connectivity index is 2.18. The van der Waals surface area contributed by atoms with Crippen LogP contribution >= 0.6 is 0 Å². The van der Waals surface area contributed by atoms with Gasteiger partial charge in [-0.05, 0) is 26.8 Å². The smallest absolute Gasteiger partial charge is 0.407 e. The quantitative estimate of drug-likeness (QED) is 0.613. The van der Waals surface area contributed by atoms with Crippen LogP contribution in [0.2, 0.25) is 0 Å². The lowest BCUT2D eigenvalue weighted by Gasteiger charge is -2.19. The SMILES string of the molecule is COC(=O)c1coc(CNCCNC(=O)OC(C)(C)C)c1. The van der Waals surface area contributed by atoms with Crippen LogP contribution in [0.15, 0.2) is 16.7 Å². The molecule has 0 aliphatic carbocycles. The molecule has 0 bridgehead atoms. The number of hydrogen-bond donors (Lipinski definition) is 2. The van der Waals surface area contributed by atoms with Gasteiger partial charge in [-0.1, -0.05) is 0 Å². The van der Waals surface area contributed by atoms with Crippen molar-refractivity contribution in [3.63, 3.8) is 0 Å². The van der Waals surface area contributed by atoms with Gasteiger partial charge < -0.3 is 24.5 Å². The Bertz CT molecular complexity index is 476. The minimum atomic E-state index is -0.504. The minimum Gasteiger partial charge on any atom is -0.467 e. The highest BCUT2D eigenvalue weighted by Gasteiger charge is 2.15. The molecule has 7 nitrogen and oxygen atoms in total. The number of carbonyl (C=O) groups is 2. The van der Waals surface area contributed by atoms with Crippen molar-refractivity contribution in [3.8, 4) is 0 Å². The lowest BCUT2D eigenvalue weighted by atomic mass is 10.2. The van der Waals surface area contributed by atoms with Crippen molar-refractivity contribution < 1.29 is 23.5 Å². The van der Waals surface area contributed by atoms with Gasteiger partial charge in [0.15, 0.2) is 0 Å². The zero-order valence-corrected chi connectivity index (χ0v) is 12.8. The molecule has 0 aliphatic rings. The van der Waals surface area contributed by atoms with Gasteiger partial charge >= 0.3 is 12.1 Å². The highest BCUT2D eigenvalue weighted by atomic mass is 16.6. The van der Waals surface area contributed by atoms with Gasteiger partial charge in [0.05, 0.1) is 19.2 Å². The molecule has 0 fully saturated rings. The van der Waals surface area contributed by atoms with E-state index in [0.29, 0.717) is 31.0 Å². The summed E-state index contributed by atoms with van der Waals surface area (Å²) in [6, 6.07) is 1.61. The first kappa shape index (κ1) is 17.0. The van der Waals surface area contributed by atoms with Crippen molar-refractivity contribution in [1.82, 2.24) is 10.6 Å². The molecule has 0 radical (unpaired) electrons. The summed E-state index contributed by atoms with van der Waals surface area (Å²) >= 11 is 0. The number of methoxy groups -OCH3 is 1. The molecule has 0 saturated heterocycles. The Hall–Kier alpha value is -2.02. The van der Waals surface area contributed by atoms with Crippen LogP contribution < -0.4 is 10.6 Å². The molecule has 0 aliphatic heterocycles. The van der Waals surface area contributed by atoms with Gasteiger partial charge in [-0.2, -0.15) is 0 Å². The van der Waals surface area contributed by atoms with Crippen LogP contribution in [0.5, 0.6) is 0 Å². The van der Waals surface area contributed by atoms with E-state index in [0.717, 1.165) is 0 Å². The van der Waals surface area contributed by atoms with E-state index >= 15 is 0 Å². The number of nitrogens with one attached hydrogen (secondary N) is 2. The fourth-order valence-corrected chi connectivity index (χ4v) is 1.48. The van der Waals surface area contributed by atoms with Crippen molar-refractivity contribution in [2.24, 2.45) is 0 Å². The van der Waals surface area contributed by atoms with E-state index in [1.54, 1.807) is 26.8 Å². The fraction of sp³-hybridized carbons (Fsp3) is 0.571. The number of esters is 1. The van der Waals surface area contributed by atoms with Gasteiger partial charge in [0.2, 0.25) is 0 Å². The summed E-state index contributed by atoms with van der Waals surface area (Å²) in [6.07, 6.45) is 0.900. The van der Waals surface area contributed by atoms with Gasteiger partial charge in [0, 0.05) is 13.1 Å². The van der Waals surface area contributed by atoms with E-state index < -0.39 is 17.7 Å². The number of ether oxygens (including phenoxy) is 2. The van der Waals surface area contributed by atoms with Gasteiger partial charge in [-0.25, -0.2) is 9.59 Å². The zero-order chi connectivity index (χ0) is 15.9. The third-order valence-corrected chi connectivity index (χ3v) is 2.34. The second kappa shape index (κ2) is 7.68. The van der Waals surface area contributed by atoms with Crippen molar-refractivity contribution >= 4 is 12.1 Å². The highest BCUT2D eigenvalue weighted by molar-refractivity contribution is 5.88.